The lowest BCUT2D eigenvalue weighted by atomic mass is 10.0. The van der Waals surface area contributed by atoms with Gasteiger partial charge in [-0.1, -0.05) is 6.07 Å². The van der Waals surface area contributed by atoms with Gasteiger partial charge in [-0.15, -0.1) is 0 Å². The third kappa shape index (κ3) is 5.02. The first-order valence-electron chi connectivity index (χ1n) is 6.34. The summed E-state index contributed by atoms with van der Waals surface area (Å²) >= 11 is 0. The minimum Gasteiger partial charge on any atom is -0.378 e. The third-order valence-electron chi connectivity index (χ3n) is 3.04. The molecule has 7 heteroatoms. The number of nitrogens with one attached hydrogen (secondary N) is 1. The molecule has 0 aliphatic heterocycles. The van der Waals surface area contributed by atoms with Gasteiger partial charge in [0.1, 0.15) is 0 Å². The summed E-state index contributed by atoms with van der Waals surface area (Å²) in [5, 5.41) is 2.28. The van der Waals surface area contributed by atoms with Crippen LogP contribution in [0.4, 0.5) is 18.9 Å². The van der Waals surface area contributed by atoms with Crippen LogP contribution in [0.5, 0.6) is 0 Å². The summed E-state index contributed by atoms with van der Waals surface area (Å²) in [5.41, 5.74) is 3.75. The molecule has 1 aromatic carbocycles. The Labute approximate surface area is 121 Å². The summed E-state index contributed by atoms with van der Waals surface area (Å²) in [7, 11) is 1.43. The van der Waals surface area contributed by atoms with Crippen molar-refractivity contribution in [1.29, 1.82) is 0 Å². The van der Waals surface area contributed by atoms with Crippen LogP contribution in [0.1, 0.15) is 31.4 Å². The Hall–Kier alpha value is -1.60. The number of benzene rings is 1. The highest BCUT2D eigenvalue weighted by Gasteiger charge is 2.34. The predicted octanol–water partition coefficient (Wildman–Crippen LogP) is 2.92. The molecule has 21 heavy (non-hydrogen) atoms. The molecule has 1 amide bonds. The lowest BCUT2D eigenvalue weighted by molar-refractivity contribution is -0.137. The Kier molecular flexibility index (Phi) is 5.36. The normalized spacial score (nSPS) is 12.3. The Morgan fingerprint density at radius 1 is 1.33 bits per heavy atom. The molecule has 0 saturated carbocycles. The topological polar surface area (TPSA) is 64.3 Å². The summed E-state index contributed by atoms with van der Waals surface area (Å²) in [6, 6.07) is 3.60. The Morgan fingerprint density at radius 2 is 1.95 bits per heavy atom. The van der Waals surface area contributed by atoms with Gasteiger partial charge < -0.3 is 15.8 Å². The van der Waals surface area contributed by atoms with E-state index < -0.39 is 23.2 Å². The van der Waals surface area contributed by atoms with Gasteiger partial charge in [0.15, 0.2) is 0 Å². The van der Waals surface area contributed by atoms with Crippen LogP contribution in [0, 0.1) is 0 Å². The highest BCUT2D eigenvalue weighted by atomic mass is 19.4. The van der Waals surface area contributed by atoms with Gasteiger partial charge in [0, 0.05) is 13.7 Å². The first-order valence-corrected chi connectivity index (χ1v) is 6.34. The van der Waals surface area contributed by atoms with E-state index in [0.29, 0.717) is 5.56 Å². The van der Waals surface area contributed by atoms with Crippen molar-refractivity contribution in [3.63, 3.8) is 0 Å². The molecule has 0 unspecified atom stereocenters. The van der Waals surface area contributed by atoms with E-state index in [4.69, 9.17) is 10.5 Å². The van der Waals surface area contributed by atoms with Gasteiger partial charge in [0.25, 0.3) is 0 Å². The molecule has 1 rings (SSSR count). The molecular formula is C14H19F3N2O2. The Bertz CT molecular complexity index is 513. The van der Waals surface area contributed by atoms with E-state index in [1.165, 1.54) is 19.2 Å². The van der Waals surface area contributed by atoms with Crippen molar-refractivity contribution in [2.24, 2.45) is 5.73 Å². The molecule has 0 aliphatic rings. The molecular weight excluding hydrogens is 285 g/mol. The Balaban J connectivity index is 3.00. The second kappa shape index (κ2) is 6.44. The number of ether oxygens (including phenoxy) is 1. The second-order valence-corrected chi connectivity index (χ2v) is 5.27. The molecule has 1 aromatic rings. The number of halogens is 3. The number of carbonyl (C=O) groups excluding carboxylic acids is 1. The zero-order chi connectivity index (χ0) is 16.3. The van der Waals surface area contributed by atoms with Crippen LogP contribution in [0.25, 0.3) is 0 Å². The fourth-order valence-electron chi connectivity index (χ4n) is 1.72. The van der Waals surface area contributed by atoms with Gasteiger partial charge in [-0.3, -0.25) is 4.79 Å². The summed E-state index contributed by atoms with van der Waals surface area (Å²) in [6.07, 6.45) is -4.62. The minimum absolute atomic E-state index is 0.00594. The lowest BCUT2D eigenvalue weighted by Crippen LogP contribution is -2.30. The zero-order valence-corrected chi connectivity index (χ0v) is 12.2. The molecule has 3 N–H and O–H groups in total. The first kappa shape index (κ1) is 17.5. The number of nitrogens with two attached hydrogens (primary N) is 1. The maximum atomic E-state index is 13.0. The van der Waals surface area contributed by atoms with E-state index in [9.17, 15) is 18.0 Å². The average Bonchev–Trinajstić information content (AvgIpc) is 2.37. The largest absolute Gasteiger partial charge is 0.418 e. The van der Waals surface area contributed by atoms with Crippen molar-refractivity contribution in [2.45, 2.75) is 38.6 Å². The average molecular weight is 304 g/mol. The van der Waals surface area contributed by atoms with Gasteiger partial charge >= 0.3 is 6.18 Å². The van der Waals surface area contributed by atoms with Crippen molar-refractivity contribution in [2.75, 3.05) is 12.4 Å². The maximum absolute atomic E-state index is 13.0. The number of alkyl halides is 3. The minimum atomic E-state index is -4.56. The molecule has 0 aliphatic carbocycles. The SMILES string of the molecule is COC(C)(C)CC(=O)Nc1ccc(CN)cc1C(F)(F)F. The number of amides is 1. The van der Waals surface area contributed by atoms with Crippen LogP contribution in [0.15, 0.2) is 18.2 Å². The number of hydrogen-bond donors (Lipinski definition) is 2. The summed E-state index contributed by atoms with van der Waals surface area (Å²) in [6.45, 7) is 3.34. The molecule has 0 heterocycles. The van der Waals surface area contributed by atoms with E-state index in [1.807, 2.05) is 0 Å². The number of anilines is 1. The molecule has 118 valence electrons. The van der Waals surface area contributed by atoms with Gasteiger partial charge in [-0.2, -0.15) is 13.2 Å². The molecule has 0 saturated heterocycles. The molecule has 0 radical (unpaired) electrons. The summed E-state index contributed by atoms with van der Waals surface area (Å²) in [5.74, 6) is -0.548. The smallest absolute Gasteiger partial charge is 0.378 e. The zero-order valence-electron chi connectivity index (χ0n) is 12.2. The highest BCUT2D eigenvalue weighted by Crippen LogP contribution is 2.35. The van der Waals surface area contributed by atoms with Gasteiger partial charge in [-0.05, 0) is 31.5 Å². The fourth-order valence-corrected chi connectivity index (χ4v) is 1.72. The molecule has 0 aromatic heterocycles. The number of carbonyl (C=O) groups is 1. The van der Waals surface area contributed by atoms with Crippen LogP contribution in [0.2, 0.25) is 0 Å². The maximum Gasteiger partial charge on any atom is 0.418 e. The van der Waals surface area contributed by atoms with Crippen LogP contribution in [0.3, 0.4) is 0 Å². The van der Waals surface area contributed by atoms with E-state index >= 15 is 0 Å². The van der Waals surface area contributed by atoms with Crippen LogP contribution < -0.4 is 11.1 Å². The van der Waals surface area contributed by atoms with Crippen LogP contribution >= 0.6 is 0 Å². The predicted molar refractivity (Wildman–Crippen MR) is 73.7 cm³/mol. The van der Waals surface area contributed by atoms with Crippen molar-refractivity contribution in [3.05, 3.63) is 29.3 Å². The number of methoxy groups -OCH3 is 1. The monoisotopic (exact) mass is 304 g/mol. The first-order chi connectivity index (χ1) is 9.59. The van der Waals surface area contributed by atoms with Crippen molar-refractivity contribution < 1.29 is 22.7 Å². The second-order valence-electron chi connectivity index (χ2n) is 5.27. The number of hydrogen-bond acceptors (Lipinski definition) is 3. The van der Waals surface area contributed by atoms with Gasteiger partial charge in [0.05, 0.1) is 23.3 Å². The van der Waals surface area contributed by atoms with Gasteiger partial charge in [-0.25, -0.2) is 0 Å². The van der Waals surface area contributed by atoms with E-state index in [-0.39, 0.29) is 18.7 Å². The van der Waals surface area contributed by atoms with Crippen LogP contribution in [-0.2, 0) is 22.3 Å². The number of rotatable bonds is 5. The van der Waals surface area contributed by atoms with Crippen LogP contribution in [-0.4, -0.2) is 18.6 Å². The van der Waals surface area contributed by atoms with E-state index in [2.05, 4.69) is 5.32 Å². The fraction of sp³-hybridized carbons (Fsp3) is 0.500. The van der Waals surface area contributed by atoms with Crippen molar-refractivity contribution in [1.82, 2.24) is 0 Å². The summed E-state index contributed by atoms with van der Waals surface area (Å²) < 4.78 is 44.1. The summed E-state index contributed by atoms with van der Waals surface area (Å²) in [4.78, 5) is 11.8. The quantitative estimate of drug-likeness (QED) is 0.879. The molecule has 0 spiro atoms. The van der Waals surface area contributed by atoms with Gasteiger partial charge in [0.2, 0.25) is 5.91 Å². The standard InChI is InChI=1S/C14H19F3N2O2/c1-13(2,21-3)7-12(20)19-11-5-4-9(8-18)6-10(11)14(15,16)17/h4-6H,7-8,18H2,1-3H3,(H,19,20). The van der Waals surface area contributed by atoms with Crippen molar-refractivity contribution in [3.8, 4) is 0 Å². The molecule has 0 bridgehead atoms. The van der Waals surface area contributed by atoms with E-state index in [0.717, 1.165) is 6.07 Å². The Morgan fingerprint density at radius 3 is 2.43 bits per heavy atom. The third-order valence-corrected chi connectivity index (χ3v) is 3.04. The lowest BCUT2D eigenvalue weighted by Gasteiger charge is -2.22. The molecule has 0 atom stereocenters. The molecule has 4 nitrogen and oxygen atoms in total. The van der Waals surface area contributed by atoms with E-state index in [1.54, 1.807) is 13.8 Å². The highest BCUT2D eigenvalue weighted by molar-refractivity contribution is 5.92. The molecule has 0 fully saturated rings. The van der Waals surface area contributed by atoms with Crippen molar-refractivity contribution >= 4 is 11.6 Å².